The van der Waals surface area contributed by atoms with E-state index in [4.69, 9.17) is 26.8 Å². The predicted octanol–water partition coefficient (Wildman–Crippen LogP) is 1.51. The second-order valence-electron chi connectivity index (χ2n) is 4.28. The Bertz CT molecular complexity index is 618. The summed E-state index contributed by atoms with van der Waals surface area (Å²) in [4.78, 5) is 3.97. The Morgan fingerprint density at radius 1 is 1.14 bits per heavy atom. The van der Waals surface area contributed by atoms with Crippen LogP contribution in [0.15, 0.2) is 30.3 Å². The first kappa shape index (κ1) is 14.7. The van der Waals surface area contributed by atoms with Crippen molar-refractivity contribution in [1.82, 2.24) is 4.98 Å². The maximum Gasteiger partial charge on any atom is 0.169 e. The van der Waals surface area contributed by atoms with Crippen LogP contribution in [-0.4, -0.2) is 11.6 Å². The topological polar surface area (TPSA) is 121 Å². The van der Waals surface area contributed by atoms with Crippen molar-refractivity contribution in [3.05, 3.63) is 35.9 Å². The molecule has 0 aliphatic rings. The molecule has 0 saturated carbocycles. The number of rotatable bonds is 6. The van der Waals surface area contributed by atoms with Crippen LogP contribution < -0.4 is 32.2 Å². The van der Waals surface area contributed by atoms with Gasteiger partial charge in [0, 0.05) is 11.6 Å². The van der Waals surface area contributed by atoms with Crippen molar-refractivity contribution in [1.29, 1.82) is 0 Å². The largest absolute Gasteiger partial charge is 0.493 e. The maximum atomic E-state index is 5.91. The highest BCUT2D eigenvalue weighted by molar-refractivity contribution is 5.71. The van der Waals surface area contributed by atoms with E-state index in [1.54, 1.807) is 6.07 Å². The number of hydrogen-bond acceptors (Lipinski definition) is 7. The number of benzene rings is 1. The molecule has 0 saturated heterocycles. The van der Waals surface area contributed by atoms with Crippen LogP contribution in [0.2, 0.25) is 0 Å². The van der Waals surface area contributed by atoms with Crippen LogP contribution in [0.1, 0.15) is 12.5 Å². The SMILES string of the molecule is CCOc1ccccc1COc1cc(N)nc(NN)c1N. The molecule has 2 aromatic rings. The first-order valence-corrected chi connectivity index (χ1v) is 6.51. The van der Waals surface area contributed by atoms with Gasteiger partial charge in [-0.3, -0.25) is 0 Å². The standard InChI is InChI=1S/C14H19N5O2/c1-2-20-10-6-4-3-5-9(10)8-21-11-7-12(15)18-14(19-17)13(11)16/h3-7H,2,8,16-17H2,1H3,(H3,15,18,19). The van der Waals surface area contributed by atoms with Crippen LogP contribution in [0.25, 0.3) is 0 Å². The van der Waals surface area contributed by atoms with E-state index < -0.39 is 0 Å². The van der Waals surface area contributed by atoms with Gasteiger partial charge in [0.25, 0.3) is 0 Å². The molecular formula is C14H19N5O2. The van der Waals surface area contributed by atoms with Crippen molar-refractivity contribution in [2.45, 2.75) is 13.5 Å². The number of ether oxygens (including phenoxy) is 2. The van der Waals surface area contributed by atoms with Gasteiger partial charge >= 0.3 is 0 Å². The van der Waals surface area contributed by atoms with Gasteiger partial charge in [0.05, 0.1) is 6.61 Å². The summed E-state index contributed by atoms with van der Waals surface area (Å²) < 4.78 is 11.3. The molecule has 1 heterocycles. The molecule has 0 unspecified atom stereocenters. The van der Waals surface area contributed by atoms with Crippen molar-refractivity contribution in [3.63, 3.8) is 0 Å². The molecule has 7 heteroatoms. The third kappa shape index (κ3) is 3.46. The number of nitrogen functional groups attached to an aromatic ring is 3. The molecule has 0 bridgehead atoms. The monoisotopic (exact) mass is 289 g/mol. The number of nitrogens with one attached hydrogen (secondary N) is 1. The van der Waals surface area contributed by atoms with Gasteiger partial charge in [0.1, 0.15) is 29.6 Å². The van der Waals surface area contributed by atoms with Crippen LogP contribution in [0, 0.1) is 0 Å². The lowest BCUT2D eigenvalue weighted by Gasteiger charge is -2.14. The Kier molecular flexibility index (Phi) is 4.68. The molecule has 1 aromatic heterocycles. The summed E-state index contributed by atoms with van der Waals surface area (Å²) in [7, 11) is 0. The minimum atomic E-state index is 0.269. The summed E-state index contributed by atoms with van der Waals surface area (Å²) in [6.07, 6.45) is 0. The Hall–Kier alpha value is -2.67. The van der Waals surface area contributed by atoms with Gasteiger partial charge in [0.15, 0.2) is 5.82 Å². The number of para-hydroxylation sites is 1. The molecular weight excluding hydrogens is 270 g/mol. The molecule has 0 aliphatic heterocycles. The Morgan fingerprint density at radius 2 is 1.90 bits per heavy atom. The van der Waals surface area contributed by atoms with E-state index in [0.717, 1.165) is 11.3 Å². The Morgan fingerprint density at radius 3 is 2.62 bits per heavy atom. The zero-order valence-electron chi connectivity index (χ0n) is 11.8. The number of nitrogens with zero attached hydrogens (tertiary/aromatic N) is 1. The number of anilines is 3. The quantitative estimate of drug-likeness (QED) is 0.469. The van der Waals surface area contributed by atoms with E-state index >= 15 is 0 Å². The van der Waals surface area contributed by atoms with Crippen molar-refractivity contribution in [2.75, 3.05) is 23.5 Å². The van der Waals surface area contributed by atoms with Gasteiger partial charge in [-0.25, -0.2) is 10.8 Å². The fourth-order valence-electron chi connectivity index (χ4n) is 1.85. The summed E-state index contributed by atoms with van der Waals surface area (Å²) in [6, 6.07) is 9.19. The third-order valence-corrected chi connectivity index (χ3v) is 2.83. The lowest BCUT2D eigenvalue weighted by atomic mass is 10.2. The highest BCUT2D eigenvalue weighted by atomic mass is 16.5. The number of aromatic nitrogens is 1. The molecule has 1 aromatic carbocycles. The maximum absolute atomic E-state index is 5.91. The highest BCUT2D eigenvalue weighted by Gasteiger charge is 2.10. The minimum Gasteiger partial charge on any atom is -0.493 e. The molecule has 0 amide bonds. The number of hydrazine groups is 1. The predicted molar refractivity (Wildman–Crippen MR) is 82.8 cm³/mol. The molecule has 0 fully saturated rings. The first-order chi connectivity index (χ1) is 10.2. The van der Waals surface area contributed by atoms with Crippen LogP contribution in [0.5, 0.6) is 11.5 Å². The fourth-order valence-corrected chi connectivity index (χ4v) is 1.85. The molecule has 0 spiro atoms. The zero-order valence-corrected chi connectivity index (χ0v) is 11.8. The highest BCUT2D eigenvalue weighted by Crippen LogP contribution is 2.30. The van der Waals surface area contributed by atoms with E-state index in [2.05, 4.69) is 10.4 Å². The van der Waals surface area contributed by atoms with Crippen molar-refractivity contribution in [3.8, 4) is 11.5 Å². The van der Waals surface area contributed by atoms with Gasteiger partial charge in [-0.15, -0.1) is 0 Å². The number of hydrogen-bond donors (Lipinski definition) is 4. The average molecular weight is 289 g/mol. The smallest absolute Gasteiger partial charge is 0.169 e. The van der Waals surface area contributed by atoms with Crippen LogP contribution >= 0.6 is 0 Å². The van der Waals surface area contributed by atoms with E-state index in [1.807, 2.05) is 31.2 Å². The summed E-state index contributed by atoms with van der Waals surface area (Å²) in [6.45, 7) is 2.81. The average Bonchev–Trinajstić information content (AvgIpc) is 2.49. The van der Waals surface area contributed by atoms with Crippen LogP contribution in [-0.2, 0) is 6.61 Å². The lowest BCUT2D eigenvalue weighted by molar-refractivity contribution is 0.287. The molecule has 7 nitrogen and oxygen atoms in total. The summed E-state index contributed by atoms with van der Waals surface area (Å²) in [5.41, 5.74) is 15.2. The van der Waals surface area contributed by atoms with E-state index in [0.29, 0.717) is 24.7 Å². The molecule has 0 aliphatic carbocycles. The van der Waals surface area contributed by atoms with Gasteiger partial charge in [0.2, 0.25) is 0 Å². The molecule has 112 valence electrons. The number of pyridine rings is 1. The van der Waals surface area contributed by atoms with E-state index in [-0.39, 0.29) is 11.6 Å². The Labute approximate surface area is 123 Å². The minimum absolute atomic E-state index is 0.269. The molecule has 2 rings (SSSR count). The third-order valence-electron chi connectivity index (χ3n) is 2.83. The van der Waals surface area contributed by atoms with E-state index in [9.17, 15) is 0 Å². The van der Waals surface area contributed by atoms with Crippen molar-refractivity contribution < 1.29 is 9.47 Å². The normalized spacial score (nSPS) is 10.2. The Balaban J connectivity index is 2.19. The van der Waals surface area contributed by atoms with E-state index in [1.165, 1.54) is 0 Å². The molecule has 0 atom stereocenters. The molecule has 7 N–H and O–H groups in total. The molecule has 0 radical (unpaired) electrons. The number of nitrogens with two attached hydrogens (primary N) is 3. The zero-order chi connectivity index (χ0) is 15.2. The first-order valence-electron chi connectivity index (χ1n) is 6.51. The van der Waals surface area contributed by atoms with Gasteiger partial charge in [-0.1, -0.05) is 18.2 Å². The van der Waals surface area contributed by atoms with Crippen LogP contribution in [0.4, 0.5) is 17.3 Å². The van der Waals surface area contributed by atoms with Gasteiger partial charge < -0.3 is 26.4 Å². The second kappa shape index (κ2) is 6.67. The van der Waals surface area contributed by atoms with Gasteiger partial charge in [-0.2, -0.15) is 0 Å². The van der Waals surface area contributed by atoms with Crippen molar-refractivity contribution in [2.24, 2.45) is 5.84 Å². The second-order valence-corrected chi connectivity index (χ2v) is 4.28. The summed E-state index contributed by atoms with van der Waals surface area (Å²) >= 11 is 0. The fraction of sp³-hybridized carbons (Fsp3) is 0.214. The van der Waals surface area contributed by atoms with Gasteiger partial charge in [-0.05, 0) is 13.0 Å². The summed E-state index contributed by atoms with van der Waals surface area (Å²) in [5.74, 6) is 7.08. The molecule has 21 heavy (non-hydrogen) atoms. The van der Waals surface area contributed by atoms with Crippen molar-refractivity contribution >= 4 is 17.3 Å². The lowest BCUT2D eigenvalue weighted by Crippen LogP contribution is -2.13. The van der Waals surface area contributed by atoms with Crippen LogP contribution in [0.3, 0.4) is 0 Å². The summed E-state index contributed by atoms with van der Waals surface area (Å²) in [5, 5.41) is 0.